The van der Waals surface area contributed by atoms with Crippen LogP contribution in [-0.4, -0.2) is 18.3 Å². The third kappa shape index (κ3) is 7.87. The Bertz CT molecular complexity index is 767. The molecule has 2 aromatic carbocycles. The van der Waals surface area contributed by atoms with Crippen LogP contribution in [0.3, 0.4) is 0 Å². The number of rotatable bonds is 5. The summed E-state index contributed by atoms with van der Waals surface area (Å²) in [5.74, 6) is 6.09. The molecule has 2 rings (SSSR count). The fraction of sp³-hybridized carbons (Fsp3) is 0.318. The molecule has 0 unspecified atom stereocenters. The van der Waals surface area contributed by atoms with Crippen molar-refractivity contribution in [2.45, 2.75) is 39.5 Å². The van der Waals surface area contributed by atoms with E-state index in [0.717, 1.165) is 16.7 Å². The topological polar surface area (TPSA) is 47.6 Å². The normalized spacial score (nSPS) is 10.6. The molecule has 0 atom stereocenters. The molecule has 1 N–H and O–H groups in total. The third-order valence-corrected chi connectivity index (χ3v) is 3.28. The van der Waals surface area contributed by atoms with Gasteiger partial charge < -0.3 is 14.8 Å². The lowest BCUT2D eigenvalue weighted by atomic mass is 10.1. The molecule has 0 aliphatic heterocycles. The van der Waals surface area contributed by atoms with Gasteiger partial charge in [-0.25, -0.2) is 4.79 Å². The first-order valence-corrected chi connectivity index (χ1v) is 8.59. The van der Waals surface area contributed by atoms with Gasteiger partial charge in [0.2, 0.25) is 0 Å². The first-order chi connectivity index (χ1) is 12.4. The van der Waals surface area contributed by atoms with Crippen LogP contribution in [0.1, 0.15) is 37.5 Å². The number of carbonyl (C=O) groups is 1. The highest BCUT2D eigenvalue weighted by molar-refractivity contribution is 5.67. The van der Waals surface area contributed by atoms with E-state index in [1.807, 2.05) is 75.4 Å². The van der Waals surface area contributed by atoms with E-state index in [1.54, 1.807) is 0 Å². The van der Waals surface area contributed by atoms with E-state index in [0.29, 0.717) is 19.8 Å². The zero-order valence-corrected chi connectivity index (χ0v) is 15.5. The van der Waals surface area contributed by atoms with Crippen molar-refractivity contribution in [3.63, 3.8) is 0 Å². The van der Waals surface area contributed by atoms with E-state index in [9.17, 15) is 4.79 Å². The summed E-state index contributed by atoms with van der Waals surface area (Å²) in [6, 6.07) is 17.7. The fourth-order valence-corrected chi connectivity index (χ4v) is 2.18. The van der Waals surface area contributed by atoms with Gasteiger partial charge in [-0.1, -0.05) is 54.3 Å². The lowest BCUT2D eigenvalue weighted by Gasteiger charge is -2.19. The maximum atomic E-state index is 11.7. The molecule has 0 saturated carbocycles. The van der Waals surface area contributed by atoms with Crippen LogP contribution < -0.4 is 5.32 Å². The molecule has 0 heterocycles. The zero-order valence-electron chi connectivity index (χ0n) is 15.5. The summed E-state index contributed by atoms with van der Waals surface area (Å²) in [5.41, 5.74) is 2.48. The van der Waals surface area contributed by atoms with Gasteiger partial charge in [0, 0.05) is 12.1 Å². The largest absolute Gasteiger partial charge is 0.444 e. The van der Waals surface area contributed by atoms with Crippen molar-refractivity contribution in [2.24, 2.45) is 0 Å². The molecule has 26 heavy (non-hydrogen) atoms. The quantitative estimate of drug-likeness (QED) is 0.646. The highest BCUT2D eigenvalue weighted by Crippen LogP contribution is 2.08. The molecule has 4 heteroatoms. The Labute approximate surface area is 155 Å². The number of ether oxygens (including phenoxy) is 2. The predicted octanol–water partition coefficient (Wildman–Crippen LogP) is 4.28. The Morgan fingerprint density at radius 2 is 1.77 bits per heavy atom. The second kappa shape index (κ2) is 9.65. The minimum absolute atomic E-state index is 0.370. The van der Waals surface area contributed by atoms with Crippen molar-refractivity contribution >= 4 is 6.09 Å². The van der Waals surface area contributed by atoms with Crippen LogP contribution in [0.25, 0.3) is 0 Å². The van der Waals surface area contributed by atoms with Crippen molar-refractivity contribution in [3.05, 3.63) is 71.3 Å². The van der Waals surface area contributed by atoms with Crippen molar-refractivity contribution < 1.29 is 14.3 Å². The van der Waals surface area contributed by atoms with Crippen LogP contribution in [0, 0.1) is 11.8 Å². The summed E-state index contributed by atoms with van der Waals surface area (Å²) in [7, 11) is 0. The second-order valence-electron chi connectivity index (χ2n) is 6.84. The minimum Gasteiger partial charge on any atom is -0.444 e. The molecular weight excluding hydrogens is 326 g/mol. The molecule has 0 spiro atoms. The number of hydrogen-bond acceptors (Lipinski definition) is 3. The Hall–Kier alpha value is -2.77. The van der Waals surface area contributed by atoms with Crippen LogP contribution in [0.4, 0.5) is 4.79 Å². The van der Waals surface area contributed by atoms with E-state index < -0.39 is 11.7 Å². The summed E-state index contributed by atoms with van der Waals surface area (Å²) in [6.45, 7) is 6.83. The Kier molecular flexibility index (Phi) is 7.25. The average molecular weight is 351 g/mol. The van der Waals surface area contributed by atoms with E-state index in [-0.39, 0.29) is 0 Å². The first-order valence-electron chi connectivity index (χ1n) is 8.59. The van der Waals surface area contributed by atoms with Crippen LogP contribution in [-0.2, 0) is 22.6 Å². The van der Waals surface area contributed by atoms with Gasteiger partial charge in [-0.15, -0.1) is 0 Å². The van der Waals surface area contributed by atoms with Gasteiger partial charge >= 0.3 is 6.09 Å². The maximum absolute atomic E-state index is 11.7. The molecule has 0 aliphatic carbocycles. The van der Waals surface area contributed by atoms with Crippen LogP contribution in [0.2, 0.25) is 0 Å². The van der Waals surface area contributed by atoms with Crippen molar-refractivity contribution in [1.82, 2.24) is 5.32 Å². The van der Waals surface area contributed by atoms with Gasteiger partial charge in [0.1, 0.15) is 12.2 Å². The van der Waals surface area contributed by atoms with Gasteiger partial charge in [0.15, 0.2) is 0 Å². The SMILES string of the molecule is CC(C)(C)OC(=O)NCc1cccc(C#CCOCc2ccccc2)c1. The highest BCUT2D eigenvalue weighted by Gasteiger charge is 2.15. The molecule has 0 bridgehead atoms. The van der Waals surface area contributed by atoms with Gasteiger partial charge in [-0.3, -0.25) is 0 Å². The summed E-state index contributed by atoms with van der Waals surface area (Å²) in [5, 5.41) is 2.74. The van der Waals surface area contributed by atoms with Gasteiger partial charge in [-0.05, 0) is 44.0 Å². The van der Waals surface area contributed by atoms with Crippen LogP contribution >= 0.6 is 0 Å². The predicted molar refractivity (Wildman–Crippen MR) is 102 cm³/mol. The number of hydrogen-bond donors (Lipinski definition) is 1. The van der Waals surface area contributed by atoms with Crippen molar-refractivity contribution in [1.29, 1.82) is 0 Å². The summed E-state index contributed by atoms with van der Waals surface area (Å²) < 4.78 is 10.8. The van der Waals surface area contributed by atoms with Crippen molar-refractivity contribution in [2.75, 3.05) is 6.61 Å². The summed E-state index contributed by atoms with van der Waals surface area (Å²) in [6.07, 6.45) is -0.428. The zero-order chi connectivity index (χ0) is 18.8. The molecule has 0 saturated heterocycles. The first kappa shape index (κ1) is 19.6. The molecule has 0 aromatic heterocycles. The number of nitrogens with one attached hydrogen (secondary N) is 1. The van der Waals surface area contributed by atoms with Gasteiger partial charge in [-0.2, -0.15) is 0 Å². The van der Waals surface area contributed by atoms with E-state index in [1.165, 1.54) is 0 Å². The smallest absolute Gasteiger partial charge is 0.407 e. The highest BCUT2D eigenvalue weighted by atomic mass is 16.6. The van der Waals surface area contributed by atoms with Gasteiger partial charge in [0.25, 0.3) is 0 Å². The summed E-state index contributed by atoms with van der Waals surface area (Å²) in [4.78, 5) is 11.7. The average Bonchev–Trinajstić information content (AvgIpc) is 2.60. The second-order valence-corrected chi connectivity index (χ2v) is 6.84. The maximum Gasteiger partial charge on any atom is 0.407 e. The monoisotopic (exact) mass is 351 g/mol. The standard InChI is InChI=1S/C22H25NO3/c1-22(2,3)26-21(24)23-16-20-12-7-11-18(15-20)13-8-14-25-17-19-9-5-4-6-10-19/h4-7,9-12,15H,14,16-17H2,1-3H3,(H,23,24). The van der Waals surface area contributed by atoms with E-state index >= 15 is 0 Å². The minimum atomic E-state index is -0.503. The van der Waals surface area contributed by atoms with Crippen LogP contribution in [0.15, 0.2) is 54.6 Å². The number of amides is 1. The molecule has 2 aromatic rings. The number of alkyl carbamates (subject to hydrolysis) is 1. The fourth-order valence-electron chi connectivity index (χ4n) is 2.18. The number of benzene rings is 2. The Morgan fingerprint density at radius 1 is 1.04 bits per heavy atom. The molecule has 4 nitrogen and oxygen atoms in total. The Morgan fingerprint density at radius 3 is 2.50 bits per heavy atom. The number of carbonyl (C=O) groups excluding carboxylic acids is 1. The van der Waals surface area contributed by atoms with Gasteiger partial charge in [0.05, 0.1) is 6.61 Å². The Balaban J connectivity index is 1.79. The third-order valence-electron chi connectivity index (χ3n) is 3.28. The lowest BCUT2D eigenvalue weighted by Crippen LogP contribution is -2.32. The molecule has 0 radical (unpaired) electrons. The molecule has 0 aliphatic rings. The van der Waals surface area contributed by atoms with Crippen LogP contribution in [0.5, 0.6) is 0 Å². The molecule has 0 fully saturated rings. The lowest BCUT2D eigenvalue weighted by molar-refractivity contribution is 0.0523. The van der Waals surface area contributed by atoms with E-state index in [2.05, 4.69) is 17.2 Å². The van der Waals surface area contributed by atoms with Crippen molar-refractivity contribution in [3.8, 4) is 11.8 Å². The summed E-state index contributed by atoms with van der Waals surface area (Å²) >= 11 is 0. The molecular formula is C22H25NO3. The molecule has 1 amide bonds. The van der Waals surface area contributed by atoms with E-state index in [4.69, 9.17) is 9.47 Å². The molecule has 136 valence electrons.